The minimum Gasteiger partial charge on any atom is -0.383 e. The average molecular weight is 470 g/mol. The molecule has 2 aromatic heterocycles. The van der Waals surface area contributed by atoms with E-state index in [4.69, 9.17) is 4.74 Å². The summed E-state index contributed by atoms with van der Waals surface area (Å²) >= 11 is 4.31. The minimum absolute atomic E-state index is 0.148. The van der Waals surface area contributed by atoms with Crippen LogP contribution in [-0.4, -0.2) is 54.6 Å². The molecule has 0 aliphatic heterocycles. The Morgan fingerprint density at radius 1 is 1.17 bits per heavy atom. The molecule has 2 amide bonds. The van der Waals surface area contributed by atoms with E-state index in [0.29, 0.717) is 23.7 Å². The Morgan fingerprint density at radius 3 is 2.80 bits per heavy atom. The van der Waals surface area contributed by atoms with Crippen LogP contribution in [0.4, 0.5) is 10.1 Å². The minimum atomic E-state index is -0.150. The van der Waals surface area contributed by atoms with Crippen molar-refractivity contribution in [3.63, 3.8) is 0 Å². The number of hydrogen-bond donors (Lipinski definition) is 3. The van der Waals surface area contributed by atoms with Crippen LogP contribution in [-0.2, 0) is 22.4 Å². The Bertz CT molecular complexity index is 868. The van der Waals surface area contributed by atoms with Gasteiger partial charge in [0.05, 0.1) is 17.9 Å². The van der Waals surface area contributed by atoms with Crippen LogP contribution < -0.4 is 16.0 Å². The van der Waals surface area contributed by atoms with E-state index in [1.807, 2.05) is 0 Å². The van der Waals surface area contributed by atoms with Crippen molar-refractivity contribution >= 4 is 56.4 Å². The predicted molar refractivity (Wildman–Crippen MR) is 123 cm³/mol. The summed E-state index contributed by atoms with van der Waals surface area (Å²) in [6.07, 6.45) is 5.03. The molecule has 0 bridgehead atoms. The number of carbonyl (C=O) groups excluding carboxylic acids is 2. The van der Waals surface area contributed by atoms with Gasteiger partial charge in [-0.05, 0) is 37.7 Å². The van der Waals surface area contributed by atoms with Crippen molar-refractivity contribution in [1.82, 2.24) is 15.5 Å². The first-order chi connectivity index (χ1) is 14.6. The summed E-state index contributed by atoms with van der Waals surface area (Å²) in [5, 5.41) is 18.6. The zero-order chi connectivity index (χ0) is 21.3. The summed E-state index contributed by atoms with van der Waals surface area (Å²) in [5.74, 6) is -0.0802. The smallest absolute Gasteiger partial charge is 0.254 e. The maximum Gasteiger partial charge on any atom is 0.254 e. The van der Waals surface area contributed by atoms with E-state index in [1.54, 1.807) is 7.11 Å². The van der Waals surface area contributed by atoms with E-state index in [1.165, 1.54) is 39.3 Å². The molecule has 0 aromatic carbocycles. The maximum atomic E-state index is 12.8. The van der Waals surface area contributed by atoms with Gasteiger partial charge in [0.15, 0.2) is 4.34 Å². The largest absolute Gasteiger partial charge is 0.383 e. The first kappa shape index (κ1) is 23.0. The lowest BCUT2D eigenvalue weighted by molar-refractivity contribution is -0.113. The topological polar surface area (TPSA) is 105 Å². The van der Waals surface area contributed by atoms with E-state index >= 15 is 0 Å². The number of hydrogen-bond acceptors (Lipinski definition) is 9. The molecule has 3 rings (SSSR count). The van der Waals surface area contributed by atoms with Crippen LogP contribution in [0.1, 0.15) is 47.0 Å². The maximum absolute atomic E-state index is 12.8. The number of rotatable bonds is 11. The summed E-state index contributed by atoms with van der Waals surface area (Å²) < 4.78 is 5.76. The van der Waals surface area contributed by atoms with E-state index < -0.39 is 0 Å². The summed E-state index contributed by atoms with van der Waals surface area (Å²) in [4.78, 5) is 26.6. The SMILES string of the molecule is CCCNc1nnc(SCC(=O)Nc2sc3c(c2C(=O)NCCOC)CCCC3)s1. The Kier molecular flexibility index (Phi) is 8.91. The molecule has 0 atom stereocenters. The van der Waals surface area contributed by atoms with Crippen molar-refractivity contribution in [3.05, 3.63) is 16.0 Å². The van der Waals surface area contributed by atoms with Gasteiger partial charge < -0.3 is 20.7 Å². The van der Waals surface area contributed by atoms with Crippen LogP contribution in [0, 0.1) is 0 Å². The van der Waals surface area contributed by atoms with Crippen molar-refractivity contribution in [2.75, 3.05) is 43.2 Å². The van der Waals surface area contributed by atoms with Gasteiger partial charge in [0.25, 0.3) is 5.91 Å². The summed E-state index contributed by atoms with van der Waals surface area (Å²) in [7, 11) is 1.60. The van der Waals surface area contributed by atoms with Crippen molar-refractivity contribution in [1.29, 1.82) is 0 Å². The van der Waals surface area contributed by atoms with Gasteiger partial charge in [-0.2, -0.15) is 0 Å². The summed E-state index contributed by atoms with van der Waals surface area (Å²) in [5.41, 5.74) is 1.70. The molecule has 30 heavy (non-hydrogen) atoms. The zero-order valence-electron chi connectivity index (χ0n) is 17.2. The lowest BCUT2D eigenvalue weighted by Gasteiger charge is -2.13. The molecule has 0 unspecified atom stereocenters. The lowest BCUT2D eigenvalue weighted by Crippen LogP contribution is -2.29. The molecule has 0 saturated heterocycles. The van der Waals surface area contributed by atoms with Gasteiger partial charge in [-0.1, -0.05) is 30.0 Å². The molecule has 11 heteroatoms. The van der Waals surface area contributed by atoms with Gasteiger partial charge in [0, 0.05) is 25.1 Å². The van der Waals surface area contributed by atoms with E-state index in [9.17, 15) is 9.59 Å². The van der Waals surface area contributed by atoms with E-state index in [-0.39, 0.29) is 17.6 Å². The zero-order valence-corrected chi connectivity index (χ0v) is 19.7. The molecule has 1 aliphatic carbocycles. The molecule has 3 N–H and O–H groups in total. The van der Waals surface area contributed by atoms with Crippen molar-refractivity contribution in [2.45, 2.75) is 43.4 Å². The highest BCUT2D eigenvalue weighted by atomic mass is 32.2. The van der Waals surface area contributed by atoms with Gasteiger partial charge in [-0.25, -0.2) is 0 Å². The molecule has 2 aromatic rings. The van der Waals surface area contributed by atoms with Crippen LogP contribution >= 0.6 is 34.4 Å². The predicted octanol–water partition coefficient (Wildman–Crippen LogP) is 3.41. The third kappa shape index (κ3) is 6.16. The number of aryl methyl sites for hydroxylation is 1. The van der Waals surface area contributed by atoms with Crippen LogP contribution in [0.25, 0.3) is 0 Å². The van der Waals surface area contributed by atoms with Crippen LogP contribution in [0.3, 0.4) is 0 Å². The number of methoxy groups -OCH3 is 1. The first-order valence-corrected chi connectivity index (χ1v) is 12.7. The third-order valence-corrected chi connectivity index (χ3v) is 7.72. The Labute approximate surface area is 188 Å². The number of anilines is 2. The van der Waals surface area contributed by atoms with Gasteiger partial charge >= 0.3 is 0 Å². The van der Waals surface area contributed by atoms with E-state index in [0.717, 1.165) is 53.7 Å². The van der Waals surface area contributed by atoms with Crippen molar-refractivity contribution < 1.29 is 14.3 Å². The summed E-state index contributed by atoms with van der Waals surface area (Å²) in [6.45, 7) is 3.82. The molecule has 0 saturated carbocycles. The number of thioether (sulfide) groups is 1. The molecule has 0 spiro atoms. The Hall–Kier alpha value is -1.69. The third-order valence-electron chi connectivity index (χ3n) is 4.50. The first-order valence-electron chi connectivity index (χ1n) is 10.0. The van der Waals surface area contributed by atoms with Gasteiger partial charge in [-0.15, -0.1) is 21.5 Å². The normalized spacial score (nSPS) is 13.0. The number of thiophene rings is 1. The number of nitrogens with one attached hydrogen (secondary N) is 3. The Balaban J connectivity index is 1.63. The second-order valence-electron chi connectivity index (χ2n) is 6.80. The molecular weight excluding hydrogens is 442 g/mol. The number of amides is 2. The van der Waals surface area contributed by atoms with Gasteiger partial charge in [-0.3, -0.25) is 9.59 Å². The molecular formula is C19H27N5O3S3. The second kappa shape index (κ2) is 11.6. The molecule has 0 radical (unpaired) electrons. The molecule has 164 valence electrons. The quantitative estimate of drug-likeness (QED) is 0.342. The fraction of sp³-hybridized carbons (Fsp3) is 0.579. The van der Waals surface area contributed by atoms with Crippen LogP contribution in [0.15, 0.2) is 4.34 Å². The standard InChI is InChI=1S/C19H27N5O3S3/c1-3-8-21-18-23-24-19(30-18)28-11-14(25)22-17-15(16(26)20-9-10-27-2)12-6-4-5-7-13(12)29-17/h3-11H2,1-2H3,(H,20,26)(H,21,23)(H,22,25). The van der Waals surface area contributed by atoms with Gasteiger partial charge in [0.1, 0.15) is 5.00 Å². The number of fused-ring (bicyclic) bond motifs is 1. The Morgan fingerprint density at radius 2 is 2.00 bits per heavy atom. The van der Waals surface area contributed by atoms with Crippen LogP contribution in [0.2, 0.25) is 0 Å². The number of carbonyl (C=O) groups is 2. The fourth-order valence-corrected chi connectivity index (χ4v) is 5.99. The highest BCUT2D eigenvalue weighted by molar-refractivity contribution is 8.01. The summed E-state index contributed by atoms with van der Waals surface area (Å²) in [6, 6.07) is 0. The molecule has 1 aliphatic rings. The molecule has 2 heterocycles. The molecule has 8 nitrogen and oxygen atoms in total. The fourth-order valence-electron chi connectivity index (χ4n) is 3.11. The number of nitrogens with zero attached hydrogens (tertiary/aromatic N) is 2. The molecule has 0 fully saturated rings. The van der Waals surface area contributed by atoms with Gasteiger partial charge in [0.2, 0.25) is 11.0 Å². The van der Waals surface area contributed by atoms with E-state index in [2.05, 4.69) is 33.1 Å². The highest BCUT2D eigenvalue weighted by Crippen LogP contribution is 2.38. The lowest BCUT2D eigenvalue weighted by atomic mass is 9.95. The average Bonchev–Trinajstić information content (AvgIpc) is 3.34. The monoisotopic (exact) mass is 469 g/mol. The van der Waals surface area contributed by atoms with Crippen molar-refractivity contribution in [2.24, 2.45) is 0 Å². The number of aromatic nitrogens is 2. The highest BCUT2D eigenvalue weighted by Gasteiger charge is 2.26. The van der Waals surface area contributed by atoms with Crippen LogP contribution in [0.5, 0.6) is 0 Å². The van der Waals surface area contributed by atoms with Crippen molar-refractivity contribution in [3.8, 4) is 0 Å². The second-order valence-corrected chi connectivity index (χ2v) is 10.1. The number of ether oxygens (including phenoxy) is 1.